The van der Waals surface area contributed by atoms with Crippen LogP contribution in [-0.4, -0.2) is 52.6 Å². The summed E-state index contributed by atoms with van der Waals surface area (Å²) in [6.45, 7) is 15.1. The summed E-state index contributed by atoms with van der Waals surface area (Å²) < 4.78 is 5.33. The van der Waals surface area contributed by atoms with Crippen LogP contribution in [-0.2, 0) is 14.3 Å². The molecule has 0 bridgehead atoms. The zero-order valence-corrected chi connectivity index (χ0v) is 21.3. The minimum Gasteiger partial charge on any atom is -0.507 e. The van der Waals surface area contributed by atoms with Crippen LogP contribution in [0.2, 0.25) is 0 Å². The maximum Gasteiger partial charge on any atom is 0.408 e. The van der Waals surface area contributed by atoms with Crippen molar-refractivity contribution in [2.24, 2.45) is 5.92 Å². The Labute approximate surface area is 198 Å². The molecule has 8 nitrogen and oxygen atoms in total. The molecule has 0 fully saturated rings. The number of phenolic OH excluding ortho intramolecular Hbond substituents is 1. The van der Waals surface area contributed by atoms with Gasteiger partial charge in [-0.3, -0.25) is 9.59 Å². The fraction of sp³-hybridized carbons (Fsp3) is 0.640. The number of carbonyl (C=O) groups is 3. The molecule has 2 unspecified atom stereocenters. The Hall–Kier alpha value is -2.77. The average molecular weight is 464 g/mol. The molecule has 1 aromatic carbocycles. The van der Waals surface area contributed by atoms with Crippen LogP contribution in [0.4, 0.5) is 4.79 Å². The number of aryl methyl sites for hydroxylation is 1. The van der Waals surface area contributed by atoms with Gasteiger partial charge in [0.2, 0.25) is 11.8 Å². The van der Waals surface area contributed by atoms with E-state index in [0.29, 0.717) is 17.7 Å². The third-order valence-electron chi connectivity index (χ3n) is 5.18. The van der Waals surface area contributed by atoms with Gasteiger partial charge in [-0.25, -0.2) is 4.79 Å². The summed E-state index contributed by atoms with van der Waals surface area (Å²) in [5, 5.41) is 16.3. The van der Waals surface area contributed by atoms with Crippen molar-refractivity contribution >= 4 is 17.9 Å². The second-order valence-corrected chi connectivity index (χ2v) is 9.55. The standard InChI is InChI=1S/C25H41N3O5/c1-9-11-15-26-22(30)20(18-14-12-13-17(5)21(18)29)28(10-2)23(31)19(16(3)4)27-24(32)33-25(6,7)8/h12-14,16,19-20,29H,9-11,15H2,1-8H3,(H,26,30)(H,27,32). The van der Waals surface area contributed by atoms with Crippen molar-refractivity contribution < 1.29 is 24.2 Å². The number of likely N-dealkylation sites (N-methyl/N-ethyl adjacent to an activating group) is 1. The lowest BCUT2D eigenvalue weighted by Gasteiger charge is -2.35. The van der Waals surface area contributed by atoms with Crippen LogP contribution in [0.1, 0.15) is 78.5 Å². The number of phenols is 1. The van der Waals surface area contributed by atoms with Crippen molar-refractivity contribution in [3.05, 3.63) is 29.3 Å². The molecule has 8 heteroatoms. The number of nitrogens with zero attached hydrogens (tertiary/aromatic N) is 1. The molecule has 1 rings (SSSR count). The SMILES string of the molecule is CCCCNC(=O)C(c1cccc(C)c1O)N(CC)C(=O)C(NC(=O)OC(C)(C)C)C(C)C. The summed E-state index contributed by atoms with van der Waals surface area (Å²) in [7, 11) is 0. The van der Waals surface area contributed by atoms with E-state index in [2.05, 4.69) is 10.6 Å². The molecular weight excluding hydrogens is 422 g/mol. The summed E-state index contributed by atoms with van der Waals surface area (Å²) in [5.74, 6) is -1.08. The highest BCUT2D eigenvalue weighted by molar-refractivity contribution is 5.92. The van der Waals surface area contributed by atoms with E-state index in [1.54, 1.807) is 52.8 Å². The molecule has 0 radical (unpaired) electrons. The van der Waals surface area contributed by atoms with Crippen molar-refractivity contribution in [2.45, 2.75) is 85.9 Å². The molecule has 0 spiro atoms. The monoisotopic (exact) mass is 463 g/mol. The molecule has 3 N–H and O–H groups in total. The van der Waals surface area contributed by atoms with Crippen LogP contribution >= 0.6 is 0 Å². The minimum atomic E-state index is -1.04. The van der Waals surface area contributed by atoms with Crippen molar-refractivity contribution in [1.82, 2.24) is 15.5 Å². The predicted octanol–water partition coefficient (Wildman–Crippen LogP) is 4.06. The van der Waals surface area contributed by atoms with Crippen LogP contribution in [0.3, 0.4) is 0 Å². The number of aromatic hydroxyl groups is 1. The van der Waals surface area contributed by atoms with Gasteiger partial charge < -0.3 is 25.4 Å². The van der Waals surface area contributed by atoms with E-state index in [1.165, 1.54) is 4.90 Å². The van der Waals surface area contributed by atoms with Gasteiger partial charge in [-0.05, 0) is 52.5 Å². The molecule has 3 amide bonds. The number of carbonyl (C=O) groups excluding carboxylic acids is 3. The van der Waals surface area contributed by atoms with Gasteiger partial charge in [-0.2, -0.15) is 0 Å². The number of amides is 3. The lowest BCUT2D eigenvalue weighted by atomic mass is 9.97. The summed E-state index contributed by atoms with van der Waals surface area (Å²) in [6, 6.07) is 3.19. The van der Waals surface area contributed by atoms with Crippen LogP contribution < -0.4 is 10.6 Å². The van der Waals surface area contributed by atoms with E-state index >= 15 is 0 Å². The Morgan fingerprint density at radius 3 is 2.30 bits per heavy atom. The number of unbranched alkanes of at least 4 members (excludes halogenated alkanes) is 1. The Kier molecular flexibility index (Phi) is 10.7. The third kappa shape index (κ3) is 8.26. The van der Waals surface area contributed by atoms with E-state index in [0.717, 1.165) is 12.8 Å². The summed E-state index contributed by atoms with van der Waals surface area (Å²) in [5.41, 5.74) is 0.238. The third-order valence-corrected chi connectivity index (χ3v) is 5.18. The molecule has 186 valence electrons. The zero-order valence-electron chi connectivity index (χ0n) is 21.3. The van der Waals surface area contributed by atoms with E-state index in [1.807, 2.05) is 20.8 Å². The molecule has 0 aliphatic carbocycles. The van der Waals surface area contributed by atoms with Gasteiger partial charge in [0.15, 0.2) is 0 Å². The van der Waals surface area contributed by atoms with Gasteiger partial charge in [0.05, 0.1) is 0 Å². The topological polar surface area (TPSA) is 108 Å². The summed E-state index contributed by atoms with van der Waals surface area (Å²) in [6.07, 6.45) is 1.01. The fourth-order valence-electron chi connectivity index (χ4n) is 3.43. The Bertz CT molecular complexity index is 817. The van der Waals surface area contributed by atoms with Gasteiger partial charge in [0.25, 0.3) is 0 Å². The molecule has 33 heavy (non-hydrogen) atoms. The van der Waals surface area contributed by atoms with Crippen LogP contribution in [0.15, 0.2) is 18.2 Å². The lowest BCUT2D eigenvalue weighted by Crippen LogP contribution is -2.54. The second-order valence-electron chi connectivity index (χ2n) is 9.55. The van der Waals surface area contributed by atoms with E-state index in [4.69, 9.17) is 4.74 Å². The number of alkyl carbamates (subject to hydrolysis) is 1. The first-order valence-electron chi connectivity index (χ1n) is 11.7. The molecular formula is C25H41N3O5. The highest BCUT2D eigenvalue weighted by Gasteiger charge is 2.37. The maximum absolute atomic E-state index is 13.7. The smallest absolute Gasteiger partial charge is 0.408 e. The highest BCUT2D eigenvalue weighted by atomic mass is 16.6. The lowest BCUT2D eigenvalue weighted by molar-refractivity contribution is -0.143. The van der Waals surface area contributed by atoms with Crippen molar-refractivity contribution in [1.29, 1.82) is 0 Å². The van der Waals surface area contributed by atoms with Gasteiger partial charge in [-0.15, -0.1) is 0 Å². The Balaban J connectivity index is 3.36. The van der Waals surface area contributed by atoms with Crippen molar-refractivity contribution in [2.75, 3.05) is 13.1 Å². The summed E-state index contributed by atoms with van der Waals surface area (Å²) >= 11 is 0. The number of hydrogen-bond donors (Lipinski definition) is 3. The quantitative estimate of drug-likeness (QED) is 0.454. The van der Waals surface area contributed by atoms with Crippen molar-refractivity contribution in [3.63, 3.8) is 0 Å². The molecule has 2 atom stereocenters. The number of nitrogens with one attached hydrogen (secondary N) is 2. The number of rotatable bonds is 10. The van der Waals surface area contributed by atoms with E-state index in [9.17, 15) is 19.5 Å². The molecule has 1 aromatic rings. The van der Waals surface area contributed by atoms with E-state index in [-0.39, 0.29) is 24.1 Å². The van der Waals surface area contributed by atoms with Gasteiger partial charge >= 0.3 is 6.09 Å². The van der Waals surface area contributed by atoms with Gasteiger partial charge in [-0.1, -0.05) is 45.4 Å². The van der Waals surface area contributed by atoms with Gasteiger partial charge in [0.1, 0.15) is 23.4 Å². The molecule has 0 aliphatic rings. The molecule has 0 aromatic heterocycles. The molecule has 0 aliphatic heterocycles. The molecule has 0 saturated heterocycles. The Morgan fingerprint density at radius 1 is 1.15 bits per heavy atom. The first-order valence-corrected chi connectivity index (χ1v) is 11.7. The minimum absolute atomic E-state index is 0.0272. The largest absolute Gasteiger partial charge is 0.507 e. The highest BCUT2D eigenvalue weighted by Crippen LogP contribution is 2.32. The first kappa shape index (κ1) is 28.3. The maximum atomic E-state index is 13.7. The second kappa shape index (κ2) is 12.5. The summed E-state index contributed by atoms with van der Waals surface area (Å²) in [4.78, 5) is 40.7. The van der Waals surface area contributed by atoms with Gasteiger partial charge in [0, 0.05) is 18.7 Å². The number of para-hydroxylation sites is 1. The number of hydrogen-bond acceptors (Lipinski definition) is 5. The normalized spacial score (nSPS) is 13.2. The Morgan fingerprint density at radius 2 is 1.79 bits per heavy atom. The predicted molar refractivity (Wildman–Crippen MR) is 129 cm³/mol. The van der Waals surface area contributed by atoms with Crippen LogP contribution in [0.5, 0.6) is 5.75 Å². The van der Waals surface area contributed by atoms with Crippen LogP contribution in [0, 0.1) is 12.8 Å². The zero-order chi connectivity index (χ0) is 25.3. The van der Waals surface area contributed by atoms with E-state index < -0.39 is 29.7 Å². The molecule has 0 saturated carbocycles. The molecule has 0 heterocycles. The average Bonchev–Trinajstić information content (AvgIpc) is 2.70. The first-order chi connectivity index (χ1) is 15.3. The number of ether oxygens (including phenoxy) is 1. The fourth-order valence-corrected chi connectivity index (χ4v) is 3.43. The van der Waals surface area contributed by atoms with Crippen LogP contribution in [0.25, 0.3) is 0 Å². The number of benzene rings is 1. The van der Waals surface area contributed by atoms with Crippen molar-refractivity contribution in [3.8, 4) is 5.75 Å².